The Hall–Kier alpha value is -2.09. The maximum atomic E-state index is 9.83. The van der Waals surface area contributed by atoms with Crippen molar-refractivity contribution in [2.75, 3.05) is 0 Å². The van der Waals surface area contributed by atoms with Crippen molar-refractivity contribution in [2.24, 2.45) is 0 Å². The quantitative estimate of drug-likeness (QED) is 0.643. The lowest BCUT2D eigenvalue weighted by atomic mass is 9.89. The molecule has 0 bridgehead atoms. The van der Waals surface area contributed by atoms with Crippen LogP contribution in [0.3, 0.4) is 0 Å². The molecular weight excluding hydrogens is 338 g/mol. The standard InChI is InChI=1S/C23H29NO3/c1-3-4-5-21(22-14-16(2)23(25)27-22)26-20-12-10-19(11-13-20)18-8-6-17(15-24)7-9-18/h6,8,10,12,21-23,25H,2-5,7,9,11,13-14H2,1H3. The summed E-state index contributed by atoms with van der Waals surface area (Å²) in [5, 5.41) is 18.8. The molecule has 3 aliphatic rings. The highest BCUT2D eigenvalue weighted by Crippen LogP contribution is 2.34. The van der Waals surface area contributed by atoms with Gasteiger partial charge in [-0.05, 0) is 61.0 Å². The Bertz CT molecular complexity index is 735. The maximum Gasteiger partial charge on any atom is 0.177 e. The zero-order chi connectivity index (χ0) is 19.2. The van der Waals surface area contributed by atoms with E-state index in [0.29, 0.717) is 6.42 Å². The average molecular weight is 367 g/mol. The lowest BCUT2D eigenvalue weighted by Gasteiger charge is -2.27. The largest absolute Gasteiger partial charge is 0.492 e. The summed E-state index contributed by atoms with van der Waals surface area (Å²) in [6.45, 7) is 6.05. The Morgan fingerprint density at radius 3 is 2.48 bits per heavy atom. The molecule has 1 heterocycles. The molecule has 0 saturated carbocycles. The molecule has 1 fully saturated rings. The summed E-state index contributed by atoms with van der Waals surface area (Å²) in [5.41, 5.74) is 4.25. The number of nitrogens with zero attached hydrogens (tertiary/aromatic N) is 1. The highest BCUT2D eigenvalue weighted by Gasteiger charge is 2.34. The number of nitriles is 1. The van der Waals surface area contributed by atoms with Crippen LogP contribution in [0, 0.1) is 11.3 Å². The van der Waals surface area contributed by atoms with Crippen LogP contribution >= 0.6 is 0 Å². The summed E-state index contributed by atoms with van der Waals surface area (Å²) in [5.74, 6) is 0.986. The average Bonchev–Trinajstić information content (AvgIpc) is 3.04. The van der Waals surface area contributed by atoms with Gasteiger partial charge in [0.1, 0.15) is 12.2 Å². The second-order valence-electron chi connectivity index (χ2n) is 7.51. The van der Waals surface area contributed by atoms with Crippen LogP contribution in [0.15, 0.2) is 58.9 Å². The Balaban J connectivity index is 1.65. The van der Waals surface area contributed by atoms with Gasteiger partial charge in [-0.2, -0.15) is 5.26 Å². The third-order valence-electron chi connectivity index (χ3n) is 5.49. The first-order chi connectivity index (χ1) is 13.1. The number of aliphatic hydroxyl groups is 1. The molecule has 144 valence electrons. The van der Waals surface area contributed by atoms with Crippen LogP contribution in [0.25, 0.3) is 0 Å². The van der Waals surface area contributed by atoms with Gasteiger partial charge < -0.3 is 14.6 Å². The van der Waals surface area contributed by atoms with Gasteiger partial charge in [0.25, 0.3) is 0 Å². The van der Waals surface area contributed by atoms with E-state index < -0.39 is 6.29 Å². The predicted molar refractivity (Wildman–Crippen MR) is 105 cm³/mol. The van der Waals surface area contributed by atoms with Crippen LogP contribution in [0.1, 0.15) is 58.3 Å². The molecule has 27 heavy (non-hydrogen) atoms. The third-order valence-corrected chi connectivity index (χ3v) is 5.49. The number of hydrogen-bond acceptors (Lipinski definition) is 4. The summed E-state index contributed by atoms with van der Waals surface area (Å²) < 4.78 is 12.0. The summed E-state index contributed by atoms with van der Waals surface area (Å²) in [7, 11) is 0. The number of rotatable bonds is 7. The molecule has 1 aliphatic heterocycles. The fourth-order valence-electron chi connectivity index (χ4n) is 3.79. The maximum absolute atomic E-state index is 9.83. The van der Waals surface area contributed by atoms with Crippen LogP contribution in [0.4, 0.5) is 0 Å². The molecular formula is C23H29NO3. The summed E-state index contributed by atoms with van der Waals surface area (Å²) in [6.07, 6.45) is 14.5. The van der Waals surface area contributed by atoms with E-state index in [1.54, 1.807) is 0 Å². The van der Waals surface area contributed by atoms with Crippen LogP contribution in [0.2, 0.25) is 0 Å². The van der Waals surface area contributed by atoms with Gasteiger partial charge in [-0.3, -0.25) is 0 Å². The summed E-state index contributed by atoms with van der Waals surface area (Å²) >= 11 is 0. The Morgan fingerprint density at radius 1 is 1.22 bits per heavy atom. The minimum absolute atomic E-state index is 0.0462. The monoisotopic (exact) mass is 367 g/mol. The van der Waals surface area contributed by atoms with Crippen molar-refractivity contribution in [1.29, 1.82) is 5.26 Å². The zero-order valence-corrected chi connectivity index (χ0v) is 16.1. The smallest absolute Gasteiger partial charge is 0.177 e. The van der Waals surface area contributed by atoms with Gasteiger partial charge >= 0.3 is 0 Å². The molecule has 0 aromatic carbocycles. The first kappa shape index (κ1) is 19.7. The van der Waals surface area contributed by atoms with E-state index in [1.807, 2.05) is 6.08 Å². The van der Waals surface area contributed by atoms with Crippen LogP contribution in [0.5, 0.6) is 0 Å². The van der Waals surface area contributed by atoms with Crippen molar-refractivity contribution in [1.82, 2.24) is 0 Å². The Morgan fingerprint density at radius 2 is 1.96 bits per heavy atom. The van der Waals surface area contributed by atoms with Crippen LogP contribution < -0.4 is 0 Å². The van der Waals surface area contributed by atoms with Crippen molar-refractivity contribution in [3.8, 4) is 6.07 Å². The van der Waals surface area contributed by atoms with E-state index in [9.17, 15) is 5.11 Å². The van der Waals surface area contributed by atoms with Crippen molar-refractivity contribution in [2.45, 2.75) is 76.8 Å². The second-order valence-corrected chi connectivity index (χ2v) is 7.51. The van der Waals surface area contributed by atoms with Crippen molar-refractivity contribution in [3.63, 3.8) is 0 Å². The highest BCUT2D eigenvalue weighted by molar-refractivity contribution is 5.44. The molecule has 0 radical (unpaired) electrons. The zero-order valence-electron chi connectivity index (χ0n) is 16.1. The minimum Gasteiger partial charge on any atom is -0.492 e. The molecule has 0 amide bonds. The normalized spacial score (nSPS) is 26.5. The van der Waals surface area contributed by atoms with Gasteiger partial charge in [0, 0.05) is 18.4 Å². The Labute approximate surface area is 162 Å². The first-order valence-corrected chi connectivity index (χ1v) is 9.98. The molecule has 0 aromatic heterocycles. The van der Waals surface area contributed by atoms with Crippen LogP contribution in [-0.4, -0.2) is 23.6 Å². The minimum atomic E-state index is -0.862. The Kier molecular flexibility index (Phi) is 6.71. The number of unbranched alkanes of at least 4 members (excludes halogenated alkanes) is 1. The summed E-state index contributed by atoms with van der Waals surface area (Å²) in [4.78, 5) is 0. The molecule has 4 heteroatoms. The van der Waals surface area contributed by atoms with E-state index in [0.717, 1.165) is 61.9 Å². The van der Waals surface area contributed by atoms with E-state index in [4.69, 9.17) is 14.7 Å². The number of aliphatic hydroxyl groups excluding tert-OH is 1. The second kappa shape index (κ2) is 9.21. The van der Waals surface area contributed by atoms with Gasteiger partial charge in [-0.25, -0.2) is 0 Å². The third kappa shape index (κ3) is 5.00. The van der Waals surface area contributed by atoms with Crippen molar-refractivity contribution in [3.05, 3.63) is 58.9 Å². The topological polar surface area (TPSA) is 62.5 Å². The molecule has 0 aromatic rings. The van der Waals surface area contributed by atoms with Gasteiger partial charge in [0.05, 0.1) is 11.8 Å². The highest BCUT2D eigenvalue weighted by atomic mass is 16.6. The SMILES string of the molecule is C=C1CC(C(CCCC)OC2=CC=C(C3=CC=C(C#N)CC3)CC2)OC1O. The predicted octanol–water partition coefficient (Wildman–Crippen LogP) is 5.00. The lowest BCUT2D eigenvalue weighted by Crippen LogP contribution is -2.29. The molecule has 1 saturated heterocycles. The molecule has 0 spiro atoms. The molecule has 4 nitrogen and oxygen atoms in total. The van der Waals surface area contributed by atoms with Gasteiger partial charge in [0.15, 0.2) is 6.29 Å². The molecule has 3 rings (SSSR count). The van der Waals surface area contributed by atoms with E-state index in [2.05, 4.69) is 37.8 Å². The van der Waals surface area contributed by atoms with E-state index in [1.165, 1.54) is 11.1 Å². The fraction of sp³-hybridized carbons (Fsp3) is 0.522. The van der Waals surface area contributed by atoms with Gasteiger partial charge in [0.2, 0.25) is 0 Å². The van der Waals surface area contributed by atoms with Crippen molar-refractivity contribution < 1.29 is 14.6 Å². The molecule has 3 unspecified atom stereocenters. The number of hydrogen-bond donors (Lipinski definition) is 1. The van der Waals surface area contributed by atoms with Gasteiger partial charge in [-0.15, -0.1) is 0 Å². The van der Waals surface area contributed by atoms with Crippen molar-refractivity contribution >= 4 is 0 Å². The molecule has 3 atom stereocenters. The summed E-state index contributed by atoms with van der Waals surface area (Å²) in [6, 6.07) is 2.23. The first-order valence-electron chi connectivity index (χ1n) is 9.98. The lowest BCUT2D eigenvalue weighted by molar-refractivity contribution is -0.118. The van der Waals surface area contributed by atoms with Crippen LogP contribution in [-0.2, 0) is 9.47 Å². The van der Waals surface area contributed by atoms with Gasteiger partial charge in [-0.1, -0.05) is 32.1 Å². The molecule has 1 N–H and O–H groups in total. The number of ether oxygens (including phenoxy) is 2. The van der Waals surface area contributed by atoms with E-state index >= 15 is 0 Å². The number of allylic oxidation sites excluding steroid dienone is 8. The van der Waals surface area contributed by atoms with E-state index in [-0.39, 0.29) is 12.2 Å². The fourth-order valence-corrected chi connectivity index (χ4v) is 3.79. The molecule has 2 aliphatic carbocycles.